The molecule has 0 aliphatic carbocycles. The van der Waals surface area contributed by atoms with Gasteiger partial charge in [0, 0.05) is 26.8 Å². The third-order valence-corrected chi connectivity index (χ3v) is 5.74. The Morgan fingerprint density at radius 1 is 1.36 bits per heavy atom. The molecule has 2 aliphatic rings. The molecule has 3 nitrogen and oxygen atoms in total. The van der Waals surface area contributed by atoms with Crippen molar-refractivity contribution in [2.24, 2.45) is 4.36 Å². The van der Waals surface area contributed by atoms with Crippen LogP contribution in [0.1, 0.15) is 32.6 Å². The van der Waals surface area contributed by atoms with Crippen molar-refractivity contribution < 1.29 is 4.21 Å². The molecule has 0 amide bonds. The summed E-state index contributed by atoms with van der Waals surface area (Å²) in [6.07, 6.45) is 4.61. The van der Waals surface area contributed by atoms with Gasteiger partial charge in [-0.25, -0.2) is 8.57 Å². The molecular formula is C10H20N2OS. The van der Waals surface area contributed by atoms with Crippen LogP contribution in [-0.2, 0) is 9.73 Å². The molecule has 0 spiro atoms. The second kappa shape index (κ2) is 3.81. The molecule has 0 bridgehead atoms. The van der Waals surface area contributed by atoms with Crippen molar-refractivity contribution in [2.45, 2.75) is 38.1 Å². The van der Waals surface area contributed by atoms with E-state index in [4.69, 9.17) is 0 Å². The third kappa shape index (κ3) is 2.28. The molecule has 0 saturated carbocycles. The zero-order chi connectivity index (χ0) is 10.1. The Morgan fingerprint density at radius 2 is 2.07 bits per heavy atom. The molecule has 2 aliphatic heterocycles. The van der Waals surface area contributed by atoms with Crippen LogP contribution in [0.2, 0.25) is 0 Å². The lowest BCUT2D eigenvalue weighted by Gasteiger charge is -2.21. The van der Waals surface area contributed by atoms with Gasteiger partial charge in [0.2, 0.25) is 0 Å². The van der Waals surface area contributed by atoms with Crippen LogP contribution in [0.15, 0.2) is 4.36 Å². The minimum Gasteiger partial charge on any atom is -0.310 e. The molecular weight excluding hydrogens is 196 g/mol. The maximum Gasteiger partial charge on any atom is 0.0663 e. The summed E-state index contributed by atoms with van der Waals surface area (Å²) in [6, 6.07) is 0. The van der Waals surface area contributed by atoms with E-state index in [1.54, 1.807) is 0 Å². The SMILES string of the molecule is CC1(CN=S2(=O)CCCC2)CCCN1. The van der Waals surface area contributed by atoms with E-state index in [2.05, 4.69) is 16.6 Å². The lowest BCUT2D eigenvalue weighted by atomic mass is 10.0. The van der Waals surface area contributed by atoms with Crippen LogP contribution < -0.4 is 5.32 Å². The zero-order valence-corrected chi connectivity index (χ0v) is 9.74. The van der Waals surface area contributed by atoms with E-state index in [-0.39, 0.29) is 5.54 Å². The fourth-order valence-corrected chi connectivity index (χ4v) is 4.53. The van der Waals surface area contributed by atoms with Gasteiger partial charge in [-0.2, -0.15) is 0 Å². The van der Waals surface area contributed by atoms with Crippen LogP contribution in [0.4, 0.5) is 0 Å². The number of hydrogen-bond acceptors (Lipinski definition) is 3. The van der Waals surface area contributed by atoms with E-state index in [9.17, 15) is 4.21 Å². The molecule has 0 aromatic carbocycles. The largest absolute Gasteiger partial charge is 0.310 e. The highest BCUT2D eigenvalue weighted by Crippen LogP contribution is 2.21. The van der Waals surface area contributed by atoms with Crippen molar-refractivity contribution >= 4 is 9.73 Å². The Labute approximate surface area is 86.8 Å². The predicted octanol–water partition coefficient (Wildman–Crippen LogP) is 1.39. The third-order valence-electron chi connectivity index (χ3n) is 3.28. The molecule has 0 aromatic rings. The molecule has 2 heterocycles. The van der Waals surface area contributed by atoms with E-state index in [1.807, 2.05) is 0 Å². The lowest BCUT2D eigenvalue weighted by molar-refractivity contribution is 0.429. The van der Waals surface area contributed by atoms with Gasteiger partial charge in [-0.1, -0.05) is 0 Å². The molecule has 2 rings (SSSR count). The van der Waals surface area contributed by atoms with Gasteiger partial charge in [0.05, 0.1) is 6.54 Å². The molecule has 0 radical (unpaired) electrons. The van der Waals surface area contributed by atoms with Crippen LogP contribution in [0.3, 0.4) is 0 Å². The van der Waals surface area contributed by atoms with Crippen LogP contribution in [0, 0.1) is 0 Å². The summed E-state index contributed by atoms with van der Waals surface area (Å²) >= 11 is 0. The van der Waals surface area contributed by atoms with E-state index in [0.29, 0.717) is 0 Å². The number of rotatable bonds is 2. The summed E-state index contributed by atoms with van der Waals surface area (Å²) in [5.74, 6) is 1.67. The lowest BCUT2D eigenvalue weighted by Crippen LogP contribution is -2.39. The second-order valence-corrected chi connectivity index (χ2v) is 7.39. The van der Waals surface area contributed by atoms with Gasteiger partial charge in [-0.3, -0.25) is 0 Å². The maximum atomic E-state index is 12.1. The number of hydrogen-bond donors (Lipinski definition) is 1. The molecule has 1 atom stereocenters. The van der Waals surface area contributed by atoms with Crippen molar-refractivity contribution in [3.05, 3.63) is 0 Å². The summed E-state index contributed by atoms with van der Waals surface area (Å²) < 4.78 is 16.6. The summed E-state index contributed by atoms with van der Waals surface area (Å²) in [5.41, 5.74) is 0.132. The molecule has 0 aromatic heterocycles. The van der Waals surface area contributed by atoms with Crippen molar-refractivity contribution in [1.29, 1.82) is 0 Å². The van der Waals surface area contributed by atoms with Crippen molar-refractivity contribution in [3.8, 4) is 0 Å². The summed E-state index contributed by atoms with van der Waals surface area (Å²) in [5, 5.41) is 3.45. The average Bonchev–Trinajstić information content (AvgIpc) is 2.74. The fourth-order valence-electron chi connectivity index (χ4n) is 2.24. The Hall–Kier alpha value is -0.0900. The highest BCUT2D eigenvalue weighted by Gasteiger charge is 2.28. The smallest absolute Gasteiger partial charge is 0.0663 e. The first kappa shape index (κ1) is 10.4. The molecule has 82 valence electrons. The van der Waals surface area contributed by atoms with Gasteiger partial charge in [-0.15, -0.1) is 0 Å². The van der Waals surface area contributed by atoms with Crippen LogP contribution >= 0.6 is 0 Å². The highest BCUT2D eigenvalue weighted by molar-refractivity contribution is 7.93. The molecule has 4 heteroatoms. The predicted molar refractivity (Wildman–Crippen MR) is 60.0 cm³/mol. The Balaban J connectivity index is 2.01. The second-order valence-electron chi connectivity index (χ2n) is 4.77. The van der Waals surface area contributed by atoms with Gasteiger partial charge in [0.15, 0.2) is 0 Å². The van der Waals surface area contributed by atoms with Gasteiger partial charge < -0.3 is 5.32 Å². The van der Waals surface area contributed by atoms with E-state index < -0.39 is 9.73 Å². The van der Waals surface area contributed by atoms with Gasteiger partial charge in [0.25, 0.3) is 0 Å². The normalized spacial score (nSPS) is 36.1. The number of nitrogens with zero attached hydrogens (tertiary/aromatic N) is 1. The minimum atomic E-state index is -1.79. The highest BCUT2D eigenvalue weighted by atomic mass is 32.2. The fraction of sp³-hybridized carbons (Fsp3) is 1.00. The zero-order valence-electron chi connectivity index (χ0n) is 8.92. The summed E-state index contributed by atoms with van der Waals surface area (Å²) in [4.78, 5) is 0. The molecule has 1 N–H and O–H groups in total. The van der Waals surface area contributed by atoms with Crippen LogP contribution in [-0.4, -0.2) is 34.3 Å². The van der Waals surface area contributed by atoms with Crippen molar-refractivity contribution in [3.63, 3.8) is 0 Å². The monoisotopic (exact) mass is 216 g/mol. The van der Waals surface area contributed by atoms with E-state index in [1.165, 1.54) is 12.8 Å². The molecule has 14 heavy (non-hydrogen) atoms. The van der Waals surface area contributed by atoms with Gasteiger partial charge in [-0.05, 0) is 39.2 Å². The molecule has 1 unspecified atom stereocenters. The van der Waals surface area contributed by atoms with Crippen molar-refractivity contribution in [2.75, 3.05) is 24.6 Å². The quantitative estimate of drug-likeness (QED) is 0.758. The van der Waals surface area contributed by atoms with Crippen LogP contribution in [0.25, 0.3) is 0 Å². The van der Waals surface area contributed by atoms with E-state index in [0.717, 1.165) is 37.4 Å². The maximum absolute atomic E-state index is 12.1. The summed E-state index contributed by atoms with van der Waals surface area (Å²) in [6.45, 7) is 4.03. The molecule has 2 saturated heterocycles. The summed E-state index contributed by atoms with van der Waals surface area (Å²) in [7, 11) is -1.79. The minimum absolute atomic E-state index is 0.132. The average molecular weight is 216 g/mol. The van der Waals surface area contributed by atoms with Crippen LogP contribution in [0.5, 0.6) is 0 Å². The van der Waals surface area contributed by atoms with E-state index >= 15 is 0 Å². The van der Waals surface area contributed by atoms with Gasteiger partial charge >= 0.3 is 0 Å². The van der Waals surface area contributed by atoms with Gasteiger partial charge in [0.1, 0.15) is 0 Å². The Kier molecular flexibility index (Phi) is 2.84. The Morgan fingerprint density at radius 3 is 2.64 bits per heavy atom. The first-order chi connectivity index (χ1) is 6.62. The topological polar surface area (TPSA) is 41.5 Å². The Bertz CT molecular complexity index is 300. The standard InChI is InChI=1S/C10H20N2OS/c1-10(5-4-6-11-10)9-12-14(13)7-2-3-8-14/h11H,2-9H2,1H3. The molecule has 2 fully saturated rings. The van der Waals surface area contributed by atoms with Crippen molar-refractivity contribution in [1.82, 2.24) is 5.32 Å². The first-order valence-corrected chi connectivity index (χ1v) is 7.41. The number of nitrogens with one attached hydrogen (secondary N) is 1. The first-order valence-electron chi connectivity index (χ1n) is 5.55.